The molecule has 2 unspecified atom stereocenters. The molecule has 0 aliphatic heterocycles. The molecule has 0 amide bonds. The van der Waals surface area contributed by atoms with Gasteiger partial charge in [0.15, 0.2) is 0 Å². The Labute approximate surface area is 241 Å². The van der Waals surface area contributed by atoms with E-state index in [1.807, 2.05) is 36.4 Å². The van der Waals surface area contributed by atoms with E-state index in [9.17, 15) is 10.2 Å². The van der Waals surface area contributed by atoms with Gasteiger partial charge in [0.1, 0.15) is 11.5 Å². The van der Waals surface area contributed by atoms with Crippen LogP contribution in [0.5, 0.6) is 11.5 Å². The molecular weight excluding hydrogens is 492 g/mol. The van der Waals surface area contributed by atoms with Gasteiger partial charge >= 0.3 is 0 Å². The minimum atomic E-state index is -0.198. The van der Waals surface area contributed by atoms with Crippen molar-refractivity contribution in [2.75, 3.05) is 0 Å². The molecule has 0 aliphatic carbocycles. The van der Waals surface area contributed by atoms with Crippen LogP contribution < -0.4 is 0 Å². The Morgan fingerprint density at radius 3 is 1.30 bits per heavy atom. The Balaban J connectivity index is 2.07. The van der Waals surface area contributed by atoms with E-state index in [1.54, 1.807) is 12.4 Å². The third-order valence-corrected chi connectivity index (χ3v) is 7.87. The summed E-state index contributed by atoms with van der Waals surface area (Å²) in [6.07, 6.45) is 5.52. The summed E-state index contributed by atoms with van der Waals surface area (Å²) in [5.41, 5.74) is 6.63. The molecule has 0 heterocycles. The number of benzene rings is 3. The number of para-hydroxylation sites is 2. The number of aliphatic imine (C=N–C) groups is 2. The topological polar surface area (TPSA) is 65.2 Å². The van der Waals surface area contributed by atoms with Crippen LogP contribution in [0, 0.1) is 0 Å². The highest BCUT2D eigenvalue weighted by atomic mass is 16.3. The first-order valence-electron chi connectivity index (χ1n) is 14.6. The maximum atomic E-state index is 11.2. The molecule has 2 atom stereocenters. The van der Waals surface area contributed by atoms with Gasteiger partial charge in [-0.25, -0.2) is 0 Å². The van der Waals surface area contributed by atoms with Gasteiger partial charge in [0.2, 0.25) is 0 Å². The summed E-state index contributed by atoms with van der Waals surface area (Å²) in [7, 11) is 0. The summed E-state index contributed by atoms with van der Waals surface area (Å²) in [4.78, 5) is 9.55. The maximum absolute atomic E-state index is 11.2. The largest absolute Gasteiger partial charge is 0.507 e. The monoisotopic (exact) mass is 540 g/mol. The number of aromatic hydroxyl groups is 2. The predicted molar refractivity (Wildman–Crippen MR) is 172 cm³/mol. The lowest BCUT2D eigenvalue weighted by atomic mass is 9.82. The lowest BCUT2D eigenvalue weighted by molar-refractivity contribution is 0.444. The van der Waals surface area contributed by atoms with Crippen LogP contribution in [0.3, 0.4) is 0 Å². The van der Waals surface area contributed by atoms with Crippen LogP contribution in [0.25, 0.3) is 0 Å². The van der Waals surface area contributed by atoms with Gasteiger partial charge in [0.25, 0.3) is 0 Å². The number of hydrogen-bond acceptors (Lipinski definition) is 4. The second kappa shape index (κ2) is 12.4. The number of rotatable bonds is 8. The molecule has 0 radical (unpaired) electrons. The normalized spacial score (nSPS) is 14.2. The minimum absolute atomic E-state index is 0.198. The molecular formula is C36H48N2O2. The number of nitrogens with zero attached hydrogens (tertiary/aromatic N) is 2. The smallest absolute Gasteiger partial charge is 0.128 e. The van der Waals surface area contributed by atoms with Crippen LogP contribution in [0.15, 0.2) is 58.5 Å². The highest BCUT2D eigenvalue weighted by Gasteiger charge is 2.23. The Hall–Kier alpha value is -3.40. The highest BCUT2D eigenvalue weighted by Crippen LogP contribution is 2.38. The summed E-state index contributed by atoms with van der Waals surface area (Å²) in [6, 6.07) is 16.0. The van der Waals surface area contributed by atoms with Gasteiger partial charge in [0, 0.05) is 34.7 Å². The van der Waals surface area contributed by atoms with E-state index in [0.717, 1.165) is 24.0 Å². The third kappa shape index (κ3) is 7.21. The van der Waals surface area contributed by atoms with E-state index in [2.05, 4.69) is 81.4 Å². The van der Waals surface area contributed by atoms with Crippen molar-refractivity contribution < 1.29 is 10.2 Å². The molecule has 3 aromatic carbocycles. The van der Waals surface area contributed by atoms with E-state index in [4.69, 9.17) is 9.98 Å². The van der Waals surface area contributed by atoms with Gasteiger partial charge in [-0.1, -0.05) is 93.5 Å². The van der Waals surface area contributed by atoms with Crippen LogP contribution >= 0.6 is 0 Å². The Morgan fingerprint density at radius 2 is 1.00 bits per heavy atom. The fourth-order valence-electron chi connectivity index (χ4n) is 4.70. The first-order chi connectivity index (χ1) is 18.7. The second-order valence-corrected chi connectivity index (χ2v) is 13.1. The molecule has 0 spiro atoms. The summed E-state index contributed by atoms with van der Waals surface area (Å²) in [6.45, 7) is 21.5. The zero-order valence-electron chi connectivity index (χ0n) is 26.1. The van der Waals surface area contributed by atoms with Gasteiger partial charge in [-0.15, -0.1) is 0 Å². The van der Waals surface area contributed by atoms with E-state index < -0.39 is 0 Å². The fourth-order valence-corrected chi connectivity index (χ4v) is 4.70. The van der Waals surface area contributed by atoms with Crippen molar-refractivity contribution in [2.45, 2.75) is 105 Å². The predicted octanol–water partition coefficient (Wildman–Crippen LogP) is 10.2. The van der Waals surface area contributed by atoms with E-state index in [-0.39, 0.29) is 22.3 Å². The van der Waals surface area contributed by atoms with Crippen molar-refractivity contribution in [1.82, 2.24) is 0 Å². The number of phenolic OH excluding ortho intramolecular Hbond substituents is 2. The number of hydrogen-bond donors (Lipinski definition) is 2. The standard InChI is InChI=1S/C36H48N2O2/c1-11-23(3)25-17-27(33(39)29(19-25)35(5,6)7)21-37-31-15-13-14-16-32(31)38-22-28-18-26(24(4)12-2)20-30(34(28)40)36(8,9)10/h13-24,39-40H,11-12H2,1-10H3. The minimum Gasteiger partial charge on any atom is -0.507 e. The second-order valence-electron chi connectivity index (χ2n) is 13.1. The van der Waals surface area contributed by atoms with Crippen molar-refractivity contribution in [3.63, 3.8) is 0 Å². The Bertz CT molecular complexity index is 1280. The lowest BCUT2D eigenvalue weighted by Gasteiger charge is -2.24. The molecule has 3 rings (SSSR count). The highest BCUT2D eigenvalue weighted by molar-refractivity contribution is 5.90. The lowest BCUT2D eigenvalue weighted by Crippen LogP contribution is -2.13. The third-order valence-electron chi connectivity index (χ3n) is 7.87. The van der Waals surface area contributed by atoms with Gasteiger partial charge in [-0.05, 0) is 70.9 Å². The van der Waals surface area contributed by atoms with Gasteiger partial charge in [0.05, 0.1) is 11.4 Å². The van der Waals surface area contributed by atoms with Crippen molar-refractivity contribution in [2.24, 2.45) is 9.98 Å². The Kier molecular flexibility index (Phi) is 9.66. The van der Waals surface area contributed by atoms with Crippen molar-refractivity contribution in [1.29, 1.82) is 0 Å². The summed E-state index contributed by atoms with van der Waals surface area (Å²) >= 11 is 0. The maximum Gasteiger partial charge on any atom is 0.128 e. The molecule has 0 bridgehead atoms. The van der Waals surface area contributed by atoms with Gasteiger partial charge < -0.3 is 10.2 Å². The van der Waals surface area contributed by atoms with Gasteiger partial charge in [-0.2, -0.15) is 0 Å². The first-order valence-corrected chi connectivity index (χ1v) is 14.6. The zero-order valence-corrected chi connectivity index (χ0v) is 26.1. The first kappa shape index (κ1) is 31.1. The van der Waals surface area contributed by atoms with E-state index in [0.29, 0.717) is 34.3 Å². The van der Waals surface area contributed by atoms with Gasteiger partial charge in [-0.3, -0.25) is 9.98 Å². The molecule has 0 aliphatic rings. The molecule has 0 saturated heterocycles. The number of phenols is 2. The van der Waals surface area contributed by atoms with Crippen molar-refractivity contribution in [3.8, 4) is 11.5 Å². The SMILES string of the molecule is CCC(C)c1cc(C=Nc2ccccc2N=Cc2cc(C(C)CC)cc(C(C)(C)C)c2O)c(O)c(C(C)(C)C)c1. The molecule has 214 valence electrons. The molecule has 2 N–H and O–H groups in total. The van der Waals surface area contributed by atoms with Crippen LogP contribution in [0.4, 0.5) is 11.4 Å². The summed E-state index contributed by atoms with van der Waals surface area (Å²) in [5.74, 6) is 1.29. The fraction of sp³-hybridized carbons (Fsp3) is 0.444. The summed E-state index contributed by atoms with van der Waals surface area (Å²) in [5, 5.41) is 22.3. The molecule has 4 nitrogen and oxygen atoms in total. The molecule has 40 heavy (non-hydrogen) atoms. The average molecular weight is 541 g/mol. The molecule has 4 heteroatoms. The van der Waals surface area contributed by atoms with E-state index >= 15 is 0 Å². The van der Waals surface area contributed by atoms with Crippen LogP contribution in [0.2, 0.25) is 0 Å². The van der Waals surface area contributed by atoms with E-state index in [1.165, 1.54) is 11.1 Å². The average Bonchev–Trinajstić information content (AvgIpc) is 2.90. The zero-order chi connectivity index (χ0) is 29.8. The molecule has 0 saturated carbocycles. The molecule has 3 aromatic rings. The van der Waals surface area contributed by atoms with Crippen LogP contribution in [-0.2, 0) is 10.8 Å². The molecule has 0 aromatic heterocycles. The van der Waals surface area contributed by atoms with Crippen LogP contribution in [0.1, 0.15) is 127 Å². The van der Waals surface area contributed by atoms with Crippen molar-refractivity contribution in [3.05, 3.63) is 81.9 Å². The van der Waals surface area contributed by atoms with Crippen molar-refractivity contribution >= 4 is 23.8 Å². The summed E-state index contributed by atoms with van der Waals surface area (Å²) < 4.78 is 0. The Morgan fingerprint density at radius 1 is 0.650 bits per heavy atom. The molecule has 0 fully saturated rings. The van der Waals surface area contributed by atoms with Crippen LogP contribution in [-0.4, -0.2) is 22.6 Å². The quantitative estimate of drug-likeness (QED) is 0.279.